The monoisotopic (exact) mass is 395 g/mol. The van der Waals surface area contributed by atoms with Crippen molar-refractivity contribution < 1.29 is 14.2 Å². The SMILES string of the molecule is CCOc1ccccc1OCCOc1ccc(Br)cc1C(N)=S. The van der Waals surface area contributed by atoms with Crippen molar-refractivity contribution in [2.75, 3.05) is 19.8 Å². The molecule has 122 valence electrons. The van der Waals surface area contributed by atoms with Gasteiger partial charge in [0.1, 0.15) is 24.0 Å². The molecule has 0 aliphatic carbocycles. The van der Waals surface area contributed by atoms with Gasteiger partial charge in [-0.1, -0.05) is 40.3 Å². The smallest absolute Gasteiger partial charge is 0.161 e. The van der Waals surface area contributed by atoms with Gasteiger partial charge in [-0.3, -0.25) is 0 Å². The van der Waals surface area contributed by atoms with Crippen molar-refractivity contribution in [2.24, 2.45) is 5.73 Å². The molecule has 2 rings (SSSR count). The molecule has 0 saturated heterocycles. The second kappa shape index (κ2) is 8.74. The lowest BCUT2D eigenvalue weighted by Crippen LogP contribution is -2.15. The van der Waals surface area contributed by atoms with Crippen LogP contribution in [-0.2, 0) is 0 Å². The highest BCUT2D eigenvalue weighted by atomic mass is 79.9. The predicted molar refractivity (Wildman–Crippen MR) is 98.6 cm³/mol. The Labute approximate surface area is 149 Å². The van der Waals surface area contributed by atoms with E-state index in [1.165, 1.54) is 0 Å². The van der Waals surface area contributed by atoms with E-state index in [-0.39, 0.29) is 0 Å². The molecule has 0 aliphatic rings. The van der Waals surface area contributed by atoms with E-state index in [1.807, 2.05) is 49.4 Å². The van der Waals surface area contributed by atoms with Gasteiger partial charge in [0.05, 0.1) is 12.2 Å². The lowest BCUT2D eigenvalue weighted by molar-refractivity contribution is 0.208. The topological polar surface area (TPSA) is 53.7 Å². The van der Waals surface area contributed by atoms with Crippen LogP contribution in [0, 0.1) is 0 Å². The van der Waals surface area contributed by atoms with Crippen molar-refractivity contribution in [3.8, 4) is 17.2 Å². The summed E-state index contributed by atoms with van der Waals surface area (Å²) in [7, 11) is 0. The van der Waals surface area contributed by atoms with Gasteiger partial charge in [-0.2, -0.15) is 0 Å². The van der Waals surface area contributed by atoms with Crippen LogP contribution >= 0.6 is 28.1 Å². The number of halogens is 1. The molecule has 0 amide bonds. The highest BCUT2D eigenvalue weighted by Gasteiger charge is 2.08. The summed E-state index contributed by atoms with van der Waals surface area (Å²) in [6.45, 7) is 3.28. The maximum Gasteiger partial charge on any atom is 0.161 e. The van der Waals surface area contributed by atoms with E-state index in [0.717, 1.165) is 10.2 Å². The summed E-state index contributed by atoms with van der Waals surface area (Å²) in [6, 6.07) is 13.1. The summed E-state index contributed by atoms with van der Waals surface area (Å²) < 4.78 is 17.8. The van der Waals surface area contributed by atoms with E-state index in [4.69, 9.17) is 32.2 Å². The van der Waals surface area contributed by atoms with Crippen molar-refractivity contribution in [3.05, 3.63) is 52.5 Å². The maximum atomic E-state index is 5.72. The molecule has 0 bridgehead atoms. The molecule has 23 heavy (non-hydrogen) atoms. The predicted octanol–water partition coefficient (Wildman–Crippen LogP) is 3.94. The normalized spacial score (nSPS) is 10.2. The molecule has 0 atom stereocenters. The van der Waals surface area contributed by atoms with Crippen LogP contribution in [0.2, 0.25) is 0 Å². The van der Waals surface area contributed by atoms with Gasteiger partial charge >= 0.3 is 0 Å². The quantitative estimate of drug-likeness (QED) is 0.541. The molecule has 6 heteroatoms. The molecule has 4 nitrogen and oxygen atoms in total. The minimum atomic E-state index is 0.295. The first-order valence-electron chi connectivity index (χ1n) is 7.18. The van der Waals surface area contributed by atoms with Crippen LogP contribution in [0.25, 0.3) is 0 Å². The number of hydrogen-bond donors (Lipinski definition) is 1. The van der Waals surface area contributed by atoms with Crippen LogP contribution in [0.5, 0.6) is 17.2 Å². The van der Waals surface area contributed by atoms with E-state index < -0.39 is 0 Å². The Morgan fingerprint density at radius 3 is 2.22 bits per heavy atom. The van der Waals surface area contributed by atoms with Crippen molar-refractivity contribution in [1.82, 2.24) is 0 Å². The molecule has 0 saturated carbocycles. The number of ether oxygens (including phenoxy) is 3. The summed E-state index contributed by atoms with van der Waals surface area (Å²) in [5, 5.41) is 0. The molecule has 0 heterocycles. The van der Waals surface area contributed by atoms with E-state index in [1.54, 1.807) is 0 Å². The van der Waals surface area contributed by atoms with Crippen LogP contribution in [0.4, 0.5) is 0 Å². The summed E-state index contributed by atoms with van der Waals surface area (Å²) in [5.74, 6) is 2.06. The largest absolute Gasteiger partial charge is 0.490 e. The molecule has 0 spiro atoms. The Hall–Kier alpha value is -1.79. The summed E-state index contributed by atoms with van der Waals surface area (Å²) in [5.41, 5.74) is 6.41. The van der Waals surface area contributed by atoms with Crippen molar-refractivity contribution in [1.29, 1.82) is 0 Å². The first-order valence-corrected chi connectivity index (χ1v) is 8.38. The zero-order valence-electron chi connectivity index (χ0n) is 12.8. The first kappa shape index (κ1) is 17.6. The highest BCUT2D eigenvalue weighted by Crippen LogP contribution is 2.26. The highest BCUT2D eigenvalue weighted by molar-refractivity contribution is 9.10. The number of para-hydroxylation sites is 2. The van der Waals surface area contributed by atoms with Gasteiger partial charge < -0.3 is 19.9 Å². The lowest BCUT2D eigenvalue weighted by Gasteiger charge is -2.13. The molecule has 0 aliphatic heterocycles. The van der Waals surface area contributed by atoms with E-state index in [2.05, 4.69) is 15.9 Å². The molecule has 0 radical (unpaired) electrons. The molecular weight excluding hydrogens is 378 g/mol. The fourth-order valence-corrected chi connectivity index (χ4v) is 2.49. The summed E-state index contributed by atoms with van der Waals surface area (Å²) in [4.78, 5) is 0.295. The van der Waals surface area contributed by atoms with Gasteiger partial charge in [0.25, 0.3) is 0 Å². The minimum Gasteiger partial charge on any atom is -0.490 e. The number of rotatable bonds is 8. The number of benzene rings is 2. The Morgan fingerprint density at radius 2 is 1.61 bits per heavy atom. The van der Waals surface area contributed by atoms with Crippen LogP contribution in [0.3, 0.4) is 0 Å². The maximum absolute atomic E-state index is 5.72. The molecule has 0 unspecified atom stereocenters. The van der Waals surface area contributed by atoms with E-state index in [9.17, 15) is 0 Å². The number of hydrogen-bond acceptors (Lipinski definition) is 4. The van der Waals surface area contributed by atoms with Gasteiger partial charge in [0.2, 0.25) is 0 Å². The fraction of sp³-hybridized carbons (Fsp3) is 0.235. The van der Waals surface area contributed by atoms with E-state index >= 15 is 0 Å². The zero-order valence-corrected chi connectivity index (χ0v) is 15.2. The molecule has 2 N–H and O–H groups in total. The van der Waals surface area contributed by atoms with Gasteiger partial charge in [-0.05, 0) is 37.3 Å². The summed E-state index contributed by atoms with van der Waals surface area (Å²) in [6.07, 6.45) is 0. The number of nitrogens with two attached hydrogens (primary N) is 1. The Morgan fingerprint density at radius 1 is 1.00 bits per heavy atom. The van der Waals surface area contributed by atoms with Gasteiger partial charge in [0, 0.05) is 4.47 Å². The second-order valence-corrected chi connectivity index (χ2v) is 5.94. The Bertz CT molecular complexity index is 679. The van der Waals surface area contributed by atoms with E-state index in [0.29, 0.717) is 41.9 Å². The van der Waals surface area contributed by atoms with Gasteiger partial charge in [0.15, 0.2) is 11.5 Å². The van der Waals surface area contributed by atoms with Crippen LogP contribution in [-0.4, -0.2) is 24.8 Å². The van der Waals surface area contributed by atoms with Crippen molar-refractivity contribution in [3.63, 3.8) is 0 Å². The van der Waals surface area contributed by atoms with Gasteiger partial charge in [-0.25, -0.2) is 0 Å². The first-order chi connectivity index (χ1) is 11.1. The van der Waals surface area contributed by atoms with Crippen molar-refractivity contribution >= 4 is 33.1 Å². The average Bonchev–Trinajstić information content (AvgIpc) is 2.54. The fourth-order valence-electron chi connectivity index (χ4n) is 1.97. The number of thiocarbonyl (C=S) groups is 1. The lowest BCUT2D eigenvalue weighted by atomic mass is 10.2. The second-order valence-electron chi connectivity index (χ2n) is 4.58. The third kappa shape index (κ3) is 5.11. The standard InChI is InChI=1S/C17H18BrNO3S/c1-2-20-15-5-3-4-6-16(15)22-10-9-21-14-8-7-12(18)11-13(14)17(19)23/h3-8,11H,2,9-10H2,1H3,(H2,19,23). The molecule has 2 aromatic rings. The summed E-state index contributed by atoms with van der Waals surface area (Å²) >= 11 is 8.43. The van der Waals surface area contributed by atoms with Crippen LogP contribution in [0.1, 0.15) is 12.5 Å². The van der Waals surface area contributed by atoms with Crippen LogP contribution < -0.4 is 19.9 Å². The Balaban J connectivity index is 1.92. The van der Waals surface area contributed by atoms with Crippen LogP contribution in [0.15, 0.2) is 46.9 Å². The molecular formula is C17H18BrNO3S. The molecule has 0 fully saturated rings. The third-order valence-electron chi connectivity index (χ3n) is 2.95. The minimum absolute atomic E-state index is 0.295. The zero-order chi connectivity index (χ0) is 16.7. The Kier molecular flexibility index (Phi) is 6.67. The van der Waals surface area contributed by atoms with Gasteiger partial charge in [-0.15, -0.1) is 0 Å². The van der Waals surface area contributed by atoms with Crippen molar-refractivity contribution in [2.45, 2.75) is 6.92 Å². The molecule has 2 aromatic carbocycles. The third-order valence-corrected chi connectivity index (χ3v) is 3.67. The molecule has 0 aromatic heterocycles. The average molecular weight is 396 g/mol.